The van der Waals surface area contributed by atoms with Gasteiger partial charge in [0.15, 0.2) is 6.04 Å². The van der Waals surface area contributed by atoms with Gasteiger partial charge in [-0.2, -0.15) is 0 Å². The summed E-state index contributed by atoms with van der Waals surface area (Å²) in [7, 11) is 0. The van der Waals surface area contributed by atoms with Gasteiger partial charge < -0.3 is 9.84 Å². The van der Waals surface area contributed by atoms with E-state index in [0.29, 0.717) is 18.5 Å². The van der Waals surface area contributed by atoms with Gasteiger partial charge in [-0.25, -0.2) is 9.59 Å². The van der Waals surface area contributed by atoms with Crippen molar-refractivity contribution in [2.75, 3.05) is 6.54 Å². The van der Waals surface area contributed by atoms with E-state index < -0.39 is 23.7 Å². The molecule has 0 spiro atoms. The number of amides is 1. The second-order valence-electron chi connectivity index (χ2n) is 5.46. The molecule has 1 aromatic heterocycles. The van der Waals surface area contributed by atoms with Gasteiger partial charge in [0, 0.05) is 11.4 Å². The van der Waals surface area contributed by atoms with Gasteiger partial charge in [-0.05, 0) is 44.2 Å². The summed E-state index contributed by atoms with van der Waals surface area (Å²) in [5, 5.41) is 11.2. The summed E-state index contributed by atoms with van der Waals surface area (Å²) in [6, 6.07) is 0.833. The van der Waals surface area contributed by atoms with Crippen LogP contribution in [0.15, 0.2) is 11.4 Å². The second kappa shape index (κ2) is 4.85. The smallest absolute Gasteiger partial charge is 0.411 e. The Labute approximate surface area is 115 Å². The third-order valence-corrected chi connectivity index (χ3v) is 3.82. The van der Waals surface area contributed by atoms with Crippen LogP contribution in [0.1, 0.15) is 37.3 Å². The molecule has 0 aromatic carbocycles. The van der Waals surface area contributed by atoms with Crippen molar-refractivity contribution in [1.29, 1.82) is 0 Å². The minimum Gasteiger partial charge on any atom is -0.479 e. The Morgan fingerprint density at radius 3 is 2.74 bits per heavy atom. The lowest BCUT2D eigenvalue weighted by molar-refractivity contribution is -0.143. The highest BCUT2D eigenvalue weighted by atomic mass is 32.1. The molecule has 0 fully saturated rings. The number of carbonyl (C=O) groups is 2. The van der Waals surface area contributed by atoms with Gasteiger partial charge in [-0.3, -0.25) is 4.90 Å². The average molecular weight is 283 g/mol. The Hall–Kier alpha value is -1.56. The zero-order chi connectivity index (χ0) is 14.2. The van der Waals surface area contributed by atoms with Gasteiger partial charge in [-0.1, -0.05) is 0 Å². The zero-order valence-electron chi connectivity index (χ0n) is 11.2. The number of rotatable bonds is 1. The van der Waals surface area contributed by atoms with Gasteiger partial charge in [0.2, 0.25) is 0 Å². The summed E-state index contributed by atoms with van der Waals surface area (Å²) in [5.41, 5.74) is 0.0734. The second-order valence-corrected chi connectivity index (χ2v) is 6.46. The monoisotopic (exact) mass is 283 g/mol. The number of nitrogens with zero attached hydrogens (tertiary/aromatic N) is 1. The number of carboxylic acid groups (broad SMARTS) is 1. The predicted molar refractivity (Wildman–Crippen MR) is 71.3 cm³/mol. The van der Waals surface area contributed by atoms with E-state index in [2.05, 4.69) is 0 Å². The first kappa shape index (κ1) is 13.9. The fourth-order valence-electron chi connectivity index (χ4n) is 2.10. The average Bonchev–Trinajstić information content (AvgIpc) is 2.72. The number of ether oxygens (including phenoxy) is 1. The first-order chi connectivity index (χ1) is 8.79. The maximum absolute atomic E-state index is 12.1. The van der Waals surface area contributed by atoms with E-state index in [4.69, 9.17) is 4.74 Å². The molecule has 2 heterocycles. The fraction of sp³-hybridized carbons (Fsp3) is 0.538. The summed E-state index contributed by atoms with van der Waals surface area (Å²) in [6.45, 7) is 5.67. The highest BCUT2D eigenvalue weighted by molar-refractivity contribution is 7.10. The lowest BCUT2D eigenvalue weighted by atomic mass is 10.0. The minimum absolute atomic E-state index is 0.374. The van der Waals surface area contributed by atoms with Crippen LogP contribution in [0.4, 0.5) is 4.79 Å². The molecule has 0 bridgehead atoms. The molecule has 6 heteroatoms. The van der Waals surface area contributed by atoms with Crippen LogP contribution in [-0.4, -0.2) is 34.2 Å². The summed E-state index contributed by atoms with van der Waals surface area (Å²) in [4.78, 5) is 25.9. The molecule has 1 aliphatic heterocycles. The summed E-state index contributed by atoms with van der Waals surface area (Å²) in [5.74, 6) is -1.02. The maximum atomic E-state index is 12.1. The van der Waals surface area contributed by atoms with Gasteiger partial charge in [-0.15, -0.1) is 11.3 Å². The number of hydrogen-bond acceptors (Lipinski definition) is 4. The van der Waals surface area contributed by atoms with Crippen molar-refractivity contribution in [2.45, 2.75) is 38.8 Å². The first-order valence-corrected chi connectivity index (χ1v) is 6.96. The molecular weight excluding hydrogens is 266 g/mol. The Kier molecular flexibility index (Phi) is 3.54. The van der Waals surface area contributed by atoms with Crippen LogP contribution < -0.4 is 0 Å². The van der Waals surface area contributed by atoms with Crippen LogP contribution in [0.2, 0.25) is 0 Å². The molecule has 0 radical (unpaired) electrons. The number of fused-ring (bicyclic) bond motifs is 1. The largest absolute Gasteiger partial charge is 0.479 e. The number of aliphatic carboxylic acids is 1. The SMILES string of the molecule is CC(C)(C)OC(=O)N1CCc2sccc2[C@@H]1C(=O)O. The number of thiophene rings is 1. The summed E-state index contributed by atoms with van der Waals surface area (Å²) in [6.07, 6.45) is 0.104. The van der Waals surface area contributed by atoms with E-state index >= 15 is 0 Å². The molecule has 0 aliphatic carbocycles. The highest BCUT2D eigenvalue weighted by Gasteiger charge is 2.38. The van der Waals surface area contributed by atoms with Gasteiger partial charge >= 0.3 is 12.1 Å². The highest BCUT2D eigenvalue weighted by Crippen LogP contribution is 2.34. The van der Waals surface area contributed by atoms with E-state index in [1.54, 1.807) is 26.8 Å². The van der Waals surface area contributed by atoms with E-state index in [0.717, 1.165) is 4.88 Å². The molecule has 104 valence electrons. The first-order valence-electron chi connectivity index (χ1n) is 6.08. The van der Waals surface area contributed by atoms with Crippen molar-refractivity contribution in [1.82, 2.24) is 4.90 Å². The molecule has 2 rings (SSSR count). The fourth-order valence-corrected chi connectivity index (χ4v) is 3.00. The van der Waals surface area contributed by atoms with Crippen LogP contribution in [0, 0.1) is 0 Å². The zero-order valence-corrected chi connectivity index (χ0v) is 12.0. The number of hydrogen-bond donors (Lipinski definition) is 1. The molecule has 1 amide bonds. The molecule has 19 heavy (non-hydrogen) atoms. The van der Waals surface area contributed by atoms with Crippen molar-refractivity contribution in [2.24, 2.45) is 0 Å². The lowest BCUT2D eigenvalue weighted by Gasteiger charge is -2.34. The van der Waals surface area contributed by atoms with Crippen molar-refractivity contribution < 1.29 is 19.4 Å². The third kappa shape index (κ3) is 2.89. The van der Waals surface area contributed by atoms with Gasteiger partial charge in [0.05, 0.1) is 0 Å². The number of carbonyl (C=O) groups excluding carboxylic acids is 1. The number of carboxylic acids is 1. The van der Waals surface area contributed by atoms with Crippen molar-refractivity contribution in [3.05, 3.63) is 21.9 Å². The van der Waals surface area contributed by atoms with Crippen molar-refractivity contribution in [3.8, 4) is 0 Å². The van der Waals surface area contributed by atoms with E-state index in [1.165, 1.54) is 16.2 Å². The normalized spacial score (nSPS) is 18.9. The quantitative estimate of drug-likeness (QED) is 0.860. The molecule has 1 aliphatic rings. The Balaban J connectivity index is 2.27. The Morgan fingerprint density at radius 1 is 1.47 bits per heavy atom. The standard InChI is InChI=1S/C13H17NO4S/c1-13(2,3)18-12(17)14-6-4-9-8(5-7-19-9)10(14)11(15)16/h5,7,10H,4,6H2,1-3H3,(H,15,16)/t10-/m1/s1. The van der Waals surface area contributed by atoms with Crippen molar-refractivity contribution in [3.63, 3.8) is 0 Å². The summed E-state index contributed by atoms with van der Waals surface area (Å²) >= 11 is 1.53. The molecular formula is C13H17NO4S. The van der Waals surface area contributed by atoms with Crippen LogP contribution in [0.25, 0.3) is 0 Å². The molecule has 1 aromatic rings. The van der Waals surface area contributed by atoms with E-state index in [-0.39, 0.29) is 0 Å². The topological polar surface area (TPSA) is 66.8 Å². The predicted octanol–water partition coefficient (Wildman–Crippen LogP) is 2.67. The van der Waals surface area contributed by atoms with E-state index in [9.17, 15) is 14.7 Å². The third-order valence-electron chi connectivity index (χ3n) is 2.83. The minimum atomic E-state index is -1.02. The molecule has 0 unspecified atom stereocenters. The maximum Gasteiger partial charge on any atom is 0.411 e. The van der Waals surface area contributed by atoms with Gasteiger partial charge in [0.1, 0.15) is 5.60 Å². The molecule has 1 N–H and O–H groups in total. The van der Waals surface area contributed by atoms with Crippen LogP contribution >= 0.6 is 11.3 Å². The molecule has 1 atom stereocenters. The van der Waals surface area contributed by atoms with Gasteiger partial charge in [0.25, 0.3) is 0 Å². The van der Waals surface area contributed by atoms with Crippen LogP contribution in [0.5, 0.6) is 0 Å². The Morgan fingerprint density at radius 2 is 2.16 bits per heavy atom. The van der Waals surface area contributed by atoms with Crippen LogP contribution in [-0.2, 0) is 16.0 Å². The summed E-state index contributed by atoms with van der Waals surface area (Å²) < 4.78 is 5.28. The van der Waals surface area contributed by atoms with Crippen LogP contribution in [0.3, 0.4) is 0 Å². The molecule has 5 nitrogen and oxygen atoms in total. The molecule has 0 saturated carbocycles. The van der Waals surface area contributed by atoms with Crippen molar-refractivity contribution >= 4 is 23.4 Å². The van der Waals surface area contributed by atoms with E-state index in [1.807, 2.05) is 5.38 Å². The Bertz CT molecular complexity index is 503. The molecule has 0 saturated heterocycles. The lowest BCUT2D eigenvalue weighted by Crippen LogP contribution is -2.45.